The fourth-order valence-corrected chi connectivity index (χ4v) is 1.25. The summed E-state index contributed by atoms with van der Waals surface area (Å²) in [7, 11) is 0. The lowest BCUT2D eigenvalue weighted by Gasteiger charge is -2.05. The zero-order valence-corrected chi connectivity index (χ0v) is 5.70. The van der Waals surface area contributed by atoms with Gasteiger partial charge in [0.15, 0.2) is 0 Å². The molecule has 0 radical (unpaired) electrons. The summed E-state index contributed by atoms with van der Waals surface area (Å²) < 4.78 is 0. The standard InChI is InChI=1S/C7H6N2O2/c10-6-4-1-2-8-3-5(4)7(11)9-6/h2-4H,1H2,(H,9,10,11). The van der Waals surface area contributed by atoms with Crippen molar-refractivity contribution in [3.8, 4) is 0 Å². The van der Waals surface area contributed by atoms with Crippen LogP contribution in [0.3, 0.4) is 0 Å². The molecule has 11 heavy (non-hydrogen) atoms. The zero-order chi connectivity index (χ0) is 7.84. The lowest BCUT2D eigenvalue weighted by molar-refractivity contribution is -0.125. The van der Waals surface area contributed by atoms with E-state index < -0.39 is 0 Å². The third kappa shape index (κ3) is 0.790. The van der Waals surface area contributed by atoms with Gasteiger partial charge in [-0.2, -0.15) is 0 Å². The molecular weight excluding hydrogens is 144 g/mol. The average molecular weight is 150 g/mol. The largest absolute Gasteiger partial charge is 0.292 e. The van der Waals surface area contributed by atoms with Crippen molar-refractivity contribution < 1.29 is 9.59 Å². The van der Waals surface area contributed by atoms with Crippen molar-refractivity contribution in [2.45, 2.75) is 6.42 Å². The molecule has 1 fully saturated rings. The quantitative estimate of drug-likeness (QED) is 0.478. The zero-order valence-electron chi connectivity index (χ0n) is 5.70. The number of hydrogen-bond donors (Lipinski definition) is 1. The predicted molar refractivity (Wildman–Crippen MR) is 37.8 cm³/mol. The van der Waals surface area contributed by atoms with Crippen LogP contribution in [-0.2, 0) is 9.59 Å². The molecule has 1 atom stereocenters. The summed E-state index contributed by atoms with van der Waals surface area (Å²) in [4.78, 5) is 25.7. The van der Waals surface area contributed by atoms with Crippen LogP contribution in [0.15, 0.2) is 16.8 Å². The molecule has 1 N–H and O–H groups in total. The number of hydrogen-bond acceptors (Lipinski definition) is 3. The average Bonchev–Trinajstić information content (AvgIpc) is 2.30. The first-order valence-corrected chi connectivity index (χ1v) is 3.36. The fraction of sp³-hybridized carbons (Fsp3) is 0.286. The van der Waals surface area contributed by atoms with E-state index in [0.29, 0.717) is 12.0 Å². The maximum Gasteiger partial charge on any atom is 0.256 e. The summed E-state index contributed by atoms with van der Waals surface area (Å²) in [5, 5.41) is 2.23. The minimum absolute atomic E-state index is 0.201. The number of nitrogens with one attached hydrogen (secondary N) is 1. The molecule has 4 heteroatoms. The summed E-state index contributed by atoms with van der Waals surface area (Å²) in [5.41, 5.74) is 0.498. The van der Waals surface area contributed by atoms with Gasteiger partial charge in [-0.05, 0) is 6.42 Å². The Morgan fingerprint density at radius 2 is 2.36 bits per heavy atom. The van der Waals surface area contributed by atoms with Crippen LogP contribution in [0.4, 0.5) is 0 Å². The van der Waals surface area contributed by atoms with Gasteiger partial charge in [0.25, 0.3) is 5.91 Å². The van der Waals surface area contributed by atoms with Gasteiger partial charge in [-0.25, -0.2) is 0 Å². The monoisotopic (exact) mass is 150 g/mol. The van der Waals surface area contributed by atoms with Crippen LogP contribution in [0.2, 0.25) is 0 Å². The Morgan fingerprint density at radius 3 is 3.09 bits per heavy atom. The van der Waals surface area contributed by atoms with Gasteiger partial charge >= 0.3 is 0 Å². The Labute approximate surface area is 63.0 Å². The summed E-state index contributed by atoms with van der Waals surface area (Å²) in [6, 6.07) is 0. The van der Waals surface area contributed by atoms with Crippen LogP contribution >= 0.6 is 0 Å². The summed E-state index contributed by atoms with van der Waals surface area (Å²) in [6.07, 6.45) is 3.64. The van der Waals surface area contributed by atoms with E-state index in [4.69, 9.17) is 0 Å². The third-order valence-corrected chi connectivity index (χ3v) is 1.85. The maximum atomic E-state index is 11.0. The highest BCUT2D eigenvalue weighted by molar-refractivity contribution is 6.15. The highest BCUT2D eigenvalue weighted by Crippen LogP contribution is 2.23. The van der Waals surface area contributed by atoms with Crippen LogP contribution in [0.25, 0.3) is 0 Å². The van der Waals surface area contributed by atoms with Gasteiger partial charge in [-0.15, -0.1) is 0 Å². The summed E-state index contributed by atoms with van der Waals surface area (Å²) in [6.45, 7) is 0. The van der Waals surface area contributed by atoms with E-state index in [2.05, 4.69) is 10.3 Å². The van der Waals surface area contributed by atoms with Gasteiger partial charge in [0.05, 0.1) is 5.92 Å². The lowest BCUT2D eigenvalue weighted by Crippen LogP contribution is -2.22. The first kappa shape index (κ1) is 6.27. The van der Waals surface area contributed by atoms with Gasteiger partial charge < -0.3 is 0 Å². The first-order chi connectivity index (χ1) is 5.29. The molecule has 0 saturated carbocycles. The van der Waals surface area contributed by atoms with E-state index in [1.54, 1.807) is 6.21 Å². The predicted octanol–water partition coefficient (Wildman–Crippen LogP) is -0.383. The number of rotatable bonds is 0. The Bertz CT molecular complexity index is 291. The topological polar surface area (TPSA) is 58.5 Å². The van der Waals surface area contributed by atoms with Crippen molar-refractivity contribution in [3.63, 3.8) is 0 Å². The van der Waals surface area contributed by atoms with Crippen LogP contribution in [0.1, 0.15) is 6.42 Å². The number of carbonyl (C=O) groups excluding carboxylic acids is 2. The lowest BCUT2D eigenvalue weighted by atomic mass is 9.98. The van der Waals surface area contributed by atoms with E-state index in [-0.39, 0.29) is 17.7 Å². The molecule has 0 aromatic rings. The van der Waals surface area contributed by atoms with Crippen molar-refractivity contribution in [2.75, 3.05) is 0 Å². The minimum Gasteiger partial charge on any atom is -0.292 e. The molecule has 0 bridgehead atoms. The molecule has 0 spiro atoms. The van der Waals surface area contributed by atoms with E-state index in [0.717, 1.165) is 0 Å². The summed E-state index contributed by atoms with van der Waals surface area (Å²) >= 11 is 0. The maximum absolute atomic E-state index is 11.0. The Morgan fingerprint density at radius 1 is 1.55 bits per heavy atom. The molecule has 0 aromatic carbocycles. The van der Waals surface area contributed by atoms with Crippen LogP contribution in [-0.4, -0.2) is 18.0 Å². The molecule has 1 saturated heterocycles. The Balaban J connectivity index is 2.42. The van der Waals surface area contributed by atoms with E-state index in [9.17, 15) is 9.59 Å². The fourth-order valence-electron chi connectivity index (χ4n) is 1.25. The smallest absolute Gasteiger partial charge is 0.256 e. The van der Waals surface area contributed by atoms with Gasteiger partial charge in [-0.3, -0.25) is 19.9 Å². The first-order valence-electron chi connectivity index (χ1n) is 3.36. The van der Waals surface area contributed by atoms with Crippen molar-refractivity contribution in [1.82, 2.24) is 5.32 Å². The van der Waals surface area contributed by atoms with Crippen LogP contribution in [0.5, 0.6) is 0 Å². The second kappa shape index (κ2) is 2.02. The molecule has 2 aliphatic heterocycles. The SMILES string of the molecule is O=C1NC(=O)C2CC=NC=C12. The molecule has 1 unspecified atom stereocenters. The summed E-state index contributed by atoms with van der Waals surface area (Å²) in [5.74, 6) is -0.774. The van der Waals surface area contributed by atoms with E-state index in [1.165, 1.54) is 6.20 Å². The van der Waals surface area contributed by atoms with Crippen LogP contribution in [0, 0.1) is 5.92 Å². The highest BCUT2D eigenvalue weighted by atomic mass is 16.2. The van der Waals surface area contributed by atoms with Gasteiger partial charge in [0.2, 0.25) is 5.91 Å². The number of carbonyl (C=O) groups is 2. The van der Waals surface area contributed by atoms with Gasteiger partial charge in [0, 0.05) is 18.0 Å². The third-order valence-electron chi connectivity index (χ3n) is 1.85. The van der Waals surface area contributed by atoms with E-state index >= 15 is 0 Å². The van der Waals surface area contributed by atoms with E-state index in [1.807, 2.05) is 0 Å². The van der Waals surface area contributed by atoms with Crippen molar-refractivity contribution in [3.05, 3.63) is 11.8 Å². The molecule has 0 aliphatic carbocycles. The second-order valence-corrected chi connectivity index (χ2v) is 2.52. The number of fused-ring (bicyclic) bond motifs is 1. The number of amides is 2. The minimum atomic E-state index is -0.295. The molecule has 0 aromatic heterocycles. The number of aliphatic imine (C=N–C) groups is 1. The van der Waals surface area contributed by atoms with Gasteiger partial charge in [-0.1, -0.05) is 0 Å². The normalized spacial score (nSPS) is 28.0. The molecular formula is C7H6N2O2. The Hall–Kier alpha value is -1.45. The van der Waals surface area contributed by atoms with Gasteiger partial charge in [0.1, 0.15) is 0 Å². The molecule has 2 heterocycles. The Kier molecular flexibility index (Phi) is 1.15. The van der Waals surface area contributed by atoms with Crippen molar-refractivity contribution in [2.24, 2.45) is 10.9 Å². The molecule has 56 valence electrons. The van der Waals surface area contributed by atoms with Crippen molar-refractivity contribution >= 4 is 18.0 Å². The molecule has 2 rings (SSSR count). The molecule has 4 nitrogen and oxygen atoms in total. The molecule has 2 amide bonds. The number of imide groups is 1. The number of nitrogens with zero attached hydrogens (tertiary/aromatic N) is 1. The van der Waals surface area contributed by atoms with Crippen molar-refractivity contribution in [1.29, 1.82) is 0 Å². The highest BCUT2D eigenvalue weighted by Gasteiger charge is 2.36. The van der Waals surface area contributed by atoms with Crippen LogP contribution < -0.4 is 5.32 Å². The second-order valence-electron chi connectivity index (χ2n) is 2.52. The molecule has 2 aliphatic rings.